The monoisotopic (exact) mass is 427 g/mol. The number of likely N-dealkylation sites (tertiary alicyclic amines) is 1. The largest absolute Gasteiger partial charge is 0.387 e. The van der Waals surface area contributed by atoms with Crippen LogP contribution in [0.25, 0.3) is 0 Å². The summed E-state index contributed by atoms with van der Waals surface area (Å²) < 4.78 is 26.3. The van der Waals surface area contributed by atoms with Crippen molar-refractivity contribution in [3.63, 3.8) is 0 Å². The number of rotatable bonds is 2. The number of hydrogen-bond acceptors (Lipinski definition) is 7. The maximum atomic E-state index is 14.4. The predicted molar refractivity (Wildman–Crippen MR) is 104 cm³/mol. The maximum Gasteiger partial charge on any atom is 0.149 e. The molecule has 0 spiro atoms. The SMILES string of the molecule is CC1NCNC2C1CCN2[C@@H]1O[C@H]([C@@H]2OC[C@@H](F)c3cc(Cl)ccc32)[C@@H](O)[C@H]1O. The van der Waals surface area contributed by atoms with E-state index in [0.717, 1.165) is 13.0 Å². The molecule has 9 heteroatoms. The number of hydrogen-bond donors (Lipinski definition) is 4. The Bertz CT molecular complexity index is 773. The van der Waals surface area contributed by atoms with Gasteiger partial charge in [-0.25, -0.2) is 4.39 Å². The average Bonchev–Trinajstić information content (AvgIpc) is 3.26. The van der Waals surface area contributed by atoms with E-state index in [0.29, 0.717) is 34.8 Å². The molecule has 5 rings (SSSR count). The number of ether oxygens (including phenoxy) is 2. The summed E-state index contributed by atoms with van der Waals surface area (Å²) in [7, 11) is 0. The first-order chi connectivity index (χ1) is 14.0. The molecular formula is C20H27ClFN3O4. The Labute approximate surface area is 174 Å². The normalized spacial score (nSPS) is 45.2. The van der Waals surface area contributed by atoms with Crippen molar-refractivity contribution in [2.75, 3.05) is 19.8 Å². The summed E-state index contributed by atoms with van der Waals surface area (Å²) in [5, 5.41) is 28.9. The van der Waals surface area contributed by atoms with Gasteiger partial charge < -0.3 is 25.0 Å². The minimum absolute atomic E-state index is 0.0745. The van der Waals surface area contributed by atoms with Gasteiger partial charge >= 0.3 is 0 Å². The second-order valence-electron chi connectivity index (χ2n) is 8.48. The predicted octanol–water partition coefficient (Wildman–Crippen LogP) is 1.06. The van der Waals surface area contributed by atoms with Crippen molar-refractivity contribution >= 4 is 11.6 Å². The fraction of sp³-hybridized carbons (Fsp3) is 0.700. The van der Waals surface area contributed by atoms with Crippen LogP contribution in [0.3, 0.4) is 0 Å². The third kappa shape index (κ3) is 3.30. The number of fused-ring (bicyclic) bond motifs is 2. The minimum atomic E-state index is -1.28. The van der Waals surface area contributed by atoms with Gasteiger partial charge in [0.05, 0.1) is 12.8 Å². The van der Waals surface area contributed by atoms with E-state index in [4.69, 9.17) is 21.1 Å². The highest BCUT2D eigenvalue weighted by Gasteiger charge is 2.54. The number of nitrogens with zero attached hydrogens (tertiary/aromatic N) is 1. The number of nitrogens with one attached hydrogen (secondary N) is 2. The quantitative estimate of drug-likeness (QED) is 0.561. The lowest BCUT2D eigenvalue weighted by Gasteiger charge is -2.40. The molecule has 29 heavy (non-hydrogen) atoms. The van der Waals surface area contributed by atoms with Crippen LogP contribution in [0.5, 0.6) is 0 Å². The second kappa shape index (κ2) is 7.69. The van der Waals surface area contributed by atoms with Gasteiger partial charge in [-0.15, -0.1) is 0 Å². The molecule has 4 N–H and O–H groups in total. The summed E-state index contributed by atoms with van der Waals surface area (Å²) in [6.45, 7) is 3.48. The first-order valence-electron chi connectivity index (χ1n) is 10.2. The highest BCUT2D eigenvalue weighted by molar-refractivity contribution is 6.30. The van der Waals surface area contributed by atoms with E-state index in [1.54, 1.807) is 18.2 Å². The zero-order valence-electron chi connectivity index (χ0n) is 16.2. The van der Waals surface area contributed by atoms with Gasteiger partial charge in [0.15, 0.2) is 0 Å². The van der Waals surface area contributed by atoms with Crippen molar-refractivity contribution in [1.29, 1.82) is 0 Å². The minimum Gasteiger partial charge on any atom is -0.387 e. The summed E-state index contributed by atoms with van der Waals surface area (Å²) in [5.74, 6) is 0.400. The standard InChI is InChI=1S/C20H27ClFN3O4/c1-9-11-4-5-25(19(11)24-8-23-9)20-16(27)15(26)18(29-20)17-12-3-2-10(21)6-13(12)14(22)7-28-17/h2-3,6,9,11,14-20,23-24,26-27H,4-5,7-8H2,1H3/t9?,11?,14-,15+,16-,17-,18+,19?,20-/m1/s1. The smallest absolute Gasteiger partial charge is 0.149 e. The zero-order chi connectivity index (χ0) is 20.3. The Hall–Kier alpha value is -0.840. The lowest BCUT2D eigenvalue weighted by atomic mass is 9.91. The van der Waals surface area contributed by atoms with Gasteiger partial charge in [0.25, 0.3) is 0 Å². The Morgan fingerprint density at radius 2 is 2.03 bits per heavy atom. The summed E-state index contributed by atoms with van der Waals surface area (Å²) in [6, 6.07) is 5.35. The molecule has 1 aromatic carbocycles. The fourth-order valence-corrected chi connectivity index (χ4v) is 5.50. The van der Waals surface area contributed by atoms with Crippen molar-refractivity contribution < 1.29 is 24.1 Å². The lowest BCUT2D eigenvalue weighted by molar-refractivity contribution is -0.147. The van der Waals surface area contributed by atoms with Crippen LogP contribution in [0, 0.1) is 5.92 Å². The van der Waals surface area contributed by atoms with Crippen LogP contribution in [-0.4, -0.2) is 71.7 Å². The Kier molecular flexibility index (Phi) is 5.33. The van der Waals surface area contributed by atoms with E-state index in [9.17, 15) is 14.6 Å². The molecule has 0 radical (unpaired) electrons. The van der Waals surface area contributed by atoms with Crippen LogP contribution in [0.15, 0.2) is 18.2 Å². The van der Waals surface area contributed by atoms with Gasteiger partial charge in [-0.3, -0.25) is 10.2 Å². The van der Waals surface area contributed by atoms with Crippen LogP contribution in [0.1, 0.15) is 36.7 Å². The van der Waals surface area contributed by atoms with Gasteiger partial charge in [-0.05, 0) is 36.6 Å². The van der Waals surface area contributed by atoms with E-state index in [2.05, 4.69) is 22.5 Å². The Morgan fingerprint density at radius 3 is 2.86 bits per heavy atom. The molecule has 4 aliphatic heterocycles. The van der Waals surface area contributed by atoms with E-state index in [-0.39, 0.29) is 12.8 Å². The summed E-state index contributed by atoms with van der Waals surface area (Å²) in [5.41, 5.74) is 1.07. The van der Waals surface area contributed by atoms with Gasteiger partial charge in [0.1, 0.15) is 36.8 Å². The summed E-state index contributed by atoms with van der Waals surface area (Å²) in [4.78, 5) is 2.10. The lowest BCUT2D eigenvalue weighted by Crippen LogP contribution is -2.61. The average molecular weight is 428 g/mol. The molecule has 0 aromatic heterocycles. The molecular weight excluding hydrogens is 401 g/mol. The topological polar surface area (TPSA) is 86.2 Å². The molecule has 9 atom stereocenters. The molecule has 3 unspecified atom stereocenters. The van der Waals surface area contributed by atoms with Crippen LogP contribution >= 0.6 is 11.6 Å². The van der Waals surface area contributed by atoms with Gasteiger partial charge in [0.2, 0.25) is 0 Å². The first-order valence-corrected chi connectivity index (χ1v) is 10.6. The molecule has 4 heterocycles. The zero-order valence-corrected chi connectivity index (χ0v) is 16.9. The maximum absolute atomic E-state index is 14.4. The molecule has 3 fully saturated rings. The molecule has 4 aliphatic rings. The van der Waals surface area contributed by atoms with E-state index in [1.165, 1.54) is 0 Å². The van der Waals surface area contributed by atoms with Crippen molar-refractivity contribution in [1.82, 2.24) is 15.5 Å². The van der Waals surface area contributed by atoms with E-state index in [1.807, 2.05) is 0 Å². The highest BCUT2D eigenvalue weighted by Crippen LogP contribution is 2.43. The molecule has 0 saturated carbocycles. The van der Waals surface area contributed by atoms with E-state index >= 15 is 0 Å². The molecule has 0 aliphatic carbocycles. The van der Waals surface area contributed by atoms with Gasteiger partial charge in [0, 0.05) is 30.2 Å². The van der Waals surface area contributed by atoms with Crippen LogP contribution in [0.2, 0.25) is 5.02 Å². The van der Waals surface area contributed by atoms with Crippen molar-refractivity contribution in [2.24, 2.45) is 5.92 Å². The second-order valence-corrected chi connectivity index (χ2v) is 8.91. The molecule has 3 saturated heterocycles. The molecule has 0 bridgehead atoms. The van der Waals surface area contributed by atoms with Gasteiger partial charge in [-0.1, -0.05) is 17.7 Å². The van der Waals surface area contributed by atoms with Gasteiger partial charge in [-0.2, -0.15) is 0 Å². The highest BCUT2D eigenvalue weighted by atomic mass is 35.5. The number of aliphatic hydroxyl groups excluding tert-OH is 2. The van der Waals surface area contributed by atoms with Crippen molar-refractivity contribution in [3.8, 4) is 0 Å². The van der Waals surface area contributed by atoms with E-state index < -0.39 is 36.8 Å². The summed E-state index contributed by atoms with van der Waals surface area (Å²) >= 11 is 6.04. The molecule has 0 amide bonds. The third-order valence-corrected chi connectivity index (χ3v) is 7.11. The first kappa shape index (κ1) is 20.1. The van der Waals surface area contributed by atoms with Crippen molar-refractivity contribution in [3.05, 3.63) is 34.3 Å². The Morgan fingerprint density at radius 1 is 1.21 bits per heavy atom. The van der Waals surface area contributed by atoms with Crippen molar-refractivity contribution in [2.45, 2.75) is 62.4 Å². The number of alkyl halides is 1. The molecule has 160 valence electrons. The fourth-order valence-electron chi connectivity index (χ4n) is 5.32. The number of halogens is 2. The Balaban J connectivity index is 1.39. The van der Waals surface area contributed by atoms with Crippen LogP contribution in [-0.2, 0) is 9.47 Å². The van der Waals surface area contributed by atoms with Crippen LogP contribution in [0.4, 0.5) is 4.39 Å². The molecule has 1 aromatic rings. The third-order valence-electron chi connectivity index (χ3n) is 6.88. The summed E-state index contributed by atoms with van der Waals surface area (Å²) in [6.07, 6.45) is -4.54. The number of benzene rings is 1. The number of aliphatic hydroxyl groups is 2. The van der Waals surface area contributed by atoms with Crippen LogP contribution < -0.4 is 10.6 Å². The molecule has 7 nitrogen and oxygen atoms in total.